The van der Waals surface area contributed by atoms with Crippen molar-refractivity contribution >= 4 is 5.82 Å². The molecule has 0 unspecified atom stereocenters. The van der Waals surface area contributed by atoms with Crippen LogP contribution in [-0.2, 0) is 0 Å². The molecule has 15 heavy (non-hydrogen) atoms. The third-order valence-electron chi connectivity index (χ3n) is 2.11. The molecule has 0 aliphatic heterocycles. The maximum Gasteiger partial charge on any atom is 0.171 e. The Morgan fingerprint density at radius 3 is 3.00 bits per heavy atom. The third kappa shape index (κ3) is 3.40. The molecule has 0 fully saturated rings. The number of ether oxygens (including phenoxy) is 1. The molecule has 1 heterocycles. The normalized spacial score (nSPS) is 10.1. The standard InChI is InChI=1S/C11H19N3O/c1-3-15-10-6-4-8-13-11(10)14(2)9-5-7-12/h4,6,8H,3,5,7,9,12H2,1-2H3. The molecule has 4 nitrogen and oxygen atoms in total. The summed E-state index contributed by atoms with van der Waals surface area (Å²) in [6, 6.07) is 3.82. The molecule has 1 aromatic heterocycles. The van der Waals surface area contributed by atoms with Crippen molar-refractivity contribution in [1.82, 2.24) is 4.98 Å². The molecule has 0 aromatic carbocycles. The molecule has 0 saturated carbocycles. The van der Waals surface area contributed by atoms with Gasteiger partial charge in [0.2, 0.25) is 0 Å². The van der Waals surface area contributed by atoms with Crippen LogP contribution in [0.2, 0.25) is 0 Å². The van der Waals surface area contributed by atoms with Crippen molar-refractivity contribution in [2.24, 2.45) is 5.73 Å². The molecule has 2 N–H and O–H groups in total. The van der Waals surface area contributed by atoms with Crippen LogP contribution in [0.5, 0.6) is 5.75 Å². The van der Waals surface area contributed by atoms with Gasteiger partial charge in [-0.25, -0.2) is 4.98 Å². The van der Waals surface area contributed by atoms with Crippen molar-refractivity contribution in [2.45, 2.75) is 13.3 Å². The van der Waals surface area contributed by atoms with Crippen molar-refractivity contribution in [3.63, 3.8) is 0 Å². The van der Waals surface area contributed by atoms with Crippen LogP contribution in [0, 0.1) is 0 Å². The summed E-state index contributed by atoms with van der Waals surface area (Å²) in [6.07, 6.45) is 2.73. The molecule has 0 bridgehead atoms. The maximum absolute atomic E-state index is 5.50. The van der Waals surface area contributed by atoms with Crippen molar-refractivity contribution in [3.8, 4) is 5.75 Å². The molecule has 0 spiro atoms. The van der Waals surface area contributed by atoms with Crippen LogP contribution < -0.4 is 15.4 Å². The molecule has 1 rings (SSSR count). The van der Waals surface area contributed by atoms with Gasteiger partial charge in [-0.05, 0) is 32.0 Å². The largest absolute Gasteiger partial charge is 0.490 e. The summed E-state index contributed by atoms with van der Waals surface area (Å²) in [5.41, 5.74) is 5.47. The highest BCUT2D eigenvalue weighted by Crippen LogP contribution is 2.23. The Kier molecular flexibility index (Phi) is 4.90. The van der Waals surface area contributed by atoms with Crippen molar-refractivity contribution in [3.05, 3.63) is 18.3 Å². The zero-order chi connectivity index (χ0) is 11.1. The number of pyridine rings is 1. The summed E-state index contributed by atoms with van der Waals surface area (Å²) in [5, 5.41) is 0. The lowest BCUT2D eigenvalue weighted by Gasteiger charge is -2.20. The Hall–Kier alpha value is -1.29. The molecule has 0 radical (unpaired) electrons. The van der Waals surface area contributed by atoms with E-state index in [1.54, 1.807) is 6.20 Å². The van der Waals surface area contributed by atoms with Crippen LogP contribution in [0.15, 0.2) is 18.3 Å². The smallest absolute Gasteiger partial charge is 0.171 e. The fraction of sp³-hybridized carbons (Fsp3) is 0.545. The van der Waals surface area contributed by atoms with E-state index in [9.17, 15) is 0 Å². The zero-order valence-electron chi connectivity index (χ0n) is 9.44. The summed E-state index contributed by atoms with van der Waals surface area (Å²) < 4.78 is 5.50. The van der Waals surface area contributed by atoms with Crippen LogP contribution in [0.4, 0.5) is 5.82 Å². The van der Waals surface area contributed by atoms with E-state index < -0.39 is 0 Å². The zero-order valence-corrected chi connectivity index (χ0v) is 9.44. The van der Waals surface area contributed by atoms with Gasteiger partial charge in [-0.1, -0.05) is 0 Å². The van der Waals surface area contributed by atoms with Crippen molar-refractivity contribution < 1.29 is 4.74 Å². The Balaban J connectivity index is 2.72. The summed E-state index contributed by atoms with van der Waals surface area (Å²) >= 11 is 0. The number of rotatable bonds is 6. The molecule has 0 aliphatic carbocycles. The quantitative estimate of drug-likeness (QED) is 0.766. The molecular formula is C11H19N3O. The fourth-order valence-corrected chi connectivity index (χ4v) is 1.37. The summed E-state index contributed by atoms with van der Waals surface area (Å²) in [6.45, 7) is 4.22. The van der Waals surface area contributed by atoms with Crippen LogP contribution >= 0.6 is 0 Å². The van der Waals surface area contributed by atoms with Crippen molar-refractivity contribution in [1.29, 1.82) is 0 Å². The lowest BCUT2D eigenvalue weighted by Crippen LogP contribution is -2.22. The van der Waals surface area contributed by atoms with Crippen LogP contribution in [-0.4, -0.2) is 31.7 Å². The Labute approximate surface area is 91.1 Å². The van der Waals surface area contributed by atoms with Gasteiger partial charge < -0.3 is 15.4 Å². The number of anilines is 1. The van der Waals surface area contributed by atoms with Crippen molar-refractivity contribution in [2.75, 3.05) is 31.6 Å². The SMILES string of the molecule is CCOc1cccnc1N(C)CCCN. The second kappa shape index (κ2) is 6.24. The van der Waals surface area contributed by atoms with Crippen LogP contribution in [0.25, 0.3) is 0 Å². The summed E-state index contributed by atoms with van der Waals surface area (Å²) in [7, 11) is 2.00. The van der Waals surface area contributed by atoms with Gasteiger partial charge in [-0.15, -0.1) is 0 Å². The highest BCUT2D eigenvalue weighted by atomic mass is 16.5. The molecule has 0 atom stereocenters. The average molecular weight is 209 g/mol. The van der Waals surface area contributed by atoms with Gasteiger partial charge in [0.05, 0.1) is 6.61 Å². The molecule has 0 saturated heterocycles. The van der Waals surface area contributed by atoms with Gasteiger partial charge >= 0.3 is 0 Å². The first kappa shape index (κ1) is 11.8. The van der Waals surface area contributed by atoms with Gasteiger partial charge in [0.1, 0.15) is 0 Å². The molecule has 0 amide bonds. The fourth-order valence-electron chi connectivity index (χ4n) is 1.37. The predicted molar refractivity (Wildman–Crippen MR) is 62.3 cm³/mol. The first-order chi connectivity index (χ1) is 7.29. The minimum atomic E-state index is 0.656. The Morgan fingerprint density at radius 2 is 2.33 bits per heavy atom. The molecular weight excluding hydrogens is 190 g/mol. The second-order valence-electron chi connectivity index (χ2n) is 3.32. The number of hydrogen-bond acceptors (Lipinski definition) is 4. The van der Waals surface area contributed by atoms with Gasteiger partial charge in [0.15, 0.2) is 11.6 Å². The maximum atomic E-state index is 5.50. The lowest BCUT2D eigenvalue weighted by atomic mass is 10.3. The number of aromatic nitrogens is 1. The number of hydrogen-bond donors (Lipinski definition) is 1. The highest BCUT2D eigenvalue weighted by molar-refractivity contribution is 5.51. The Bertz CT molecular complexity index is 291. The van der Waals surface area contributed by atoms with E-state index in [2.05, 4.69) is 9.88 Å². The number of nitrogens with zero attached hydrogens (tertiary/aromatic N) is 2. The van der Waals surface area contributed by atoms with E-state index in [-0.39, 0.29) is 0 Å². The van der Waals surface area contributed by atoms with Gasteiger partial charge in [0.25, 0.3) is 0 Å². The second-order valence-corrected chi connectivity index (χ2v) is 3.32. The van der Waals surface area contributed by atoms with E-state index >= 15 is 0 Å². The third-order valence-corrected chi connectivity index (χ3v) is 2.11. The average Bonchev–Trinajstić information content (AvgIpc) is 2.27. The topological polar surface area (TPSA) is 51.4 Å². The lowest BCUT2D eigenvalue weighted by molar-refractivity contribution is 0.339. The molecule has 4 heteroatoms. The summed E-state index contributed by atoms with van der Waals surface area (Å²) in [4.78, 5) is 6.38. The van der Waals surface area contributed by atoms with E-state index in [1.807, 2.05) is 26.1 Å². The van der Waals surface area contributed by atoms with Gasteiger partial charge in [-0.3, -0.25) is 0 Å². The minimum absolute atomic E-state index is 0.656. The van der Waals surface area contributed by atoms with E-state index in [4.69, 9.17) is 10.5 Å². The van der Waals surface area contributed by atoms with Crippen LogP contribution in [0.1, 0.15) is 13.3 Å². The van der Waals surface area contributed by atoms with E-state index in [1.165, 1.54) is 0 Å². The minimum Gasteiger partial charge on any atom is -0.490 e. The first-order valence-corrected chi connectivity index (χ1v) is 5.28. The highest BCUT2D eigenvalue weighted by Gasteiger charge is 2.08. The monoisotopic (exact) mass is 209 g/mol. The predicted octanol–water partition coefficient (Wildman–Crippen LogP) is 1.27. The van der Waals surface area contributed by atoms with Gasteiger partial charge in [0, 0.05) is 19.8 Å². The molecule has 84 valence electrons. The van der Waals surface area contributed by atoms with Gasteiger partial charge in [-0.2, -0.15) is 0 Å². The van der Waals surface area contributed by atoms with Crippen LogP contribution in [0.3, 0.4) is 0 Å². The van der Waals surface area contributed by atoms with E-state index in [0.717, 1.165) is 24.5 Å². The Morgan fingerprint density at radius 1 is 1.53 bits per heavy atom. The molecule has 1 aromatic rings. The van der Waals surface area contributed by atoms with E-state index in [0.29, 0.717) is 13.2 Å². The number of nitrogens with two attached hydrogens (primary N) is 1. The first-order valence-electron chi connectivity index (χ1n) is 5.28. The summed E-state index contributed by atoms with van der Waals surface area (Å²) in [5.74, 6) is 1.72. The molecule has 0 aliphatic rings.